The molecule has 1 aliphatic heterocycles. The number of amides is 1. The van der Waals surface area contributed by atoms with Gasteiger partial charge in [0, 0.05) is 13.5 Å². The molecule has 0 unspecified atom stereocenters. The molecule has 0 fully saturated rings. The molecule has 0 saturated heterocycles. The molecular formula is C21H25NO5. The van der Waals surface area contributed by atoms with Gasteiger partial charge >= 0.3 is 0 Å². The Balaban J connectivity index is 2.18. The minimum absolute atomic E-state index is 0.0234. The average Bonchev–Trinajstić information content (AvgIpc) is 2.70. The van der Waals surface area contributed by atoms with Gasteiger partial charge in [-0.25, -0.2) is 0 Å². The molecule has 6 heteroatoms. The van der Waals surface area contributed by atoms with Crippen LogP contribution < -0.4 is 18.9 Å². The summed E-state index contributed by atoms with van der Waals surface area (Å²) in [5, 5.41) is 0. The molecule has 1 atom stereocenters. The van der Waals surface area contributed by atoms with E-state index < -0.39 is 0 Å². The van der Waals surface area contributed by atoms with Gasteiger partial charge in [0.2, 0.25) is 5.91 Å². The number of hydrogen-bond donors (Lipinski definition) is 0. The van der Waals surface area contributed by atoms with E-state index in [4.69, 9.17) is 18.9 Å². The Labute approximate surface area is 159 Å². The lowest BCUT2D eigenvalue weighted by Crippen LogP contribution is -2.39. The fraction of sp³-hybridized carbons (Fsp3) is 0.381. The molecule has 2 aromatic carbocycles. The van der Waals surface area contributed by atoms with Gasteiger partial charge in [0.15, 0.2) is 23.0 Å². The number of nitrogens with zero attached hydrogens (tertiary/aromatic N) is 1. The lowest BCUT2D eigenvalue weighted by molar-refractivity contribution is -0.130. The van der Waals surface area contributed by atoms with Gasteiger partial charge in [0.1, 0.15) is 0 Å². The average molecular weight is 371 g/mol. The van der Waals surface area contributed by atoms with Crippen molar-refractivity contribution in [2.24, 2.45) is 0 Å². The Hall–Kier alpha value is -2.89. The first-order valence-electron chi connectivity index (χ1n) is 8.78. The van der Waals surface area contributed by atoms with Crippen LogP contribution >= 0.6 is 0 Å². The Bertz CT molecular complexity index is 849. The van der Waals surface area contributed by atoms with E-state index in [-0.39, 0.29) is 11.9 Å². The van der Waals surface area contributed by atoms with Crippen molar-refractivity contribution in [3.63, 3.8) is 0 Å². The van der Waals surface area contributed by atoms with Crippen LogP contribution in [-0.2, 0) is 11.2 Å². The molecule has 0 spiro atoms. The molecule has 1 amide bonds. The first-order chi connectivity index (χ1) is 13.0. The summed E-state index contributed by atoms with van der Waals surface area (Å²) in [5.74, 6) is 2.64. The minimum Gasteiger partial charge on any atom is -0.493 e. The highest BCUT2D eigenvalue weighted by Gasteiger charge is 2.32. The van der Waals surface area contributed by atoms with Gasteiger partial charge in [-0.15, -0.1) is 0 Å². The normalized spacial score (nSPS) is 15.7. The van der Waals surface area contributed by atoms with Gasteiger partial charge in [0.05, 0.1) is 34.5 Å². The topological polar surface area (TPSA) is 57.2 Å². The monoisotopic (exact) mass is 371 g/mol. The minimum atomic E-state index is -0.231. The van der Waals surface area contributed by atoms with E-state index in [2.05, 4.69) is 0 Å². The van der Waals surface area contributed by atoms with Crippen molar-refractivity contribution in [3.05, 3.63) is 47.0 Å². The van der Waals surface area contributed by atoms with Gasteiger partial charge in [-0.1, -0.05) is 6.07 Å². The van der Waals surface area contributed by atoms with Crippen LogP contribution in [0.15, 0.2) is 30.3 Å². The van der Waals surface area contributed by atoms with Crippen molar-refractivity contribution in [3.8, 4) is 23.0 Å². The van der Waals surface area contributed by atoms with Crippen LogP contribution in [0.3, 0.4) is 0 Å². The molecule has 0 aliphatic carbocycles. The van der Waals surface area contributed by atoms with Gasteiger partial charge in [-0.2, -0.15) is 0 Å². The maximum Gasteiger partial charge on any atom is 0.220 e. The SMILES string of the molecule is COc1ccc([C@H]2c3cc(OC)c(OC)cc3CCN2C(C)=O)cc1OC. The Kier molecular flexibility index (Phi) is 5.44. The Morgan fingerprint density at radius 1 is 0.889 bits per heavy atom. The second-order valence-electron chi connectivity index (χ2n) is 6.39. The van der Waals surface area contributed by atoms with Crippen LogP contribution in [0.5, 0.6) is 23.0 Å². The second kappa shape index (κ2) is 7.78. The number of methoxy groups -OCH3 is 4. The first kappa shape index (κ1) is 18.9. The Morgan fingerprint density at radius 3 is 2.07 bits per heavy atom. The van der Waals surface area contributed by atoms with Crippen LogP contribution in [0, 0.1) is 0 Å². The molecule has 0 saturated carbocycles. The smallest absolute Gasteiger partial charge is 0.220 e. The van der Waals surface area contributed by atoms with Gasteiger partial charge in [-0.3, -0.25) is 4.79 Å². The van der Waals surface area contributed by atoms with Crippen molar-refractivity contribution in [1.29, 1.82) is 0 Å². The third-order valence-corrected chi connectivity index (χ3v) is 5.00. The van der Waals surface area contributed by atoms with Crippen molar-refractivity contribution in [1.82, 2.24) is 4.90 Å². The predicted octanol–water partition coefficient (Wildman–Crippen LogP) is 3.22. The molecular weight excluding hydrogens is 346 g/mol. The molecule has 1 aliphatic rings. The number of benzene rings is 2. The van der Waals surface area contributed by atoms with Crippen molar-refractivity contribution in [2.45, 2.75) is 19.4 Å². The molecule has 0 aromatic heterocycles. The fourth-order valence-corrected chi connectivity index (χ4v) is 3.67. The molecule has 144 valence electrons. The third-order valence-electron chi connectivity index (χ3n) is 5.00. The lowest BCUT2D eigenvalue weighted by Gasteiger charge is -2.37. The van der Waals surface area contributed by atoms with E-state index in [1.54, 1.807) is 35.4 Å². The largest absolute Gasteiger partial charge is 0.493 e. The van der Waals surface area contributed by atoms with E-state index in [1.807, 2.05) is 35.2 Å². The summed E-state index contributed by atoms with van der Waals surface area (Å²) in [4.78, 5) is 14.2. The molecule has 0 radical (unpaired) electrons. The number of carbonyl (C=O) groups is 1. The van der Waals surface area contributed by atoms with E-state index in [0.29, 0.717) is 29.5 Å². The van der Waals surface area contributed by atoms with Crippen LogP contribution in [0.1, 0.15) is 29.7 Å². The summed E-state index contributed by atoms with van der Waals surface area (Å²) in [6, 6.07) is 9.48. The quantitative estimate of drug-likeness (QED) is 0.808. The number of hydrogen-bond acceptors (Lipinski definition) is 5. The number of ether oxygens (including phenoxy) is 4. The van der Waals surface area contributed by atoms with Crippen molar-refractivity contribution < 1.29 is 23.7 Å². The second-order valence-corrected chi connectivity index (χ2v) is 6.39. The van der Waals surface area contributed by atoms with E-state index >= 15 is 0 Å². The third kappa shape index (κ3) is 3.39. The summed E-state index contributed by atoms with van der Waals surface area (Å²) in [6.07, 6.45) is 0.763. The summed E-state index contributed by atoms with van der Waals surface area (Å²) < 4.78 is 21.7. The van der Waals surface area contributed by atoms with Crippen LogP contribution in [0.25, 0.3) is 0 Å². The zero-order valence-corrected chi connectivity index (χ0v) is 16.4. The molecule has 0 bridgehead atoms. The van der Waals surface area contributed by atoms with E-state index in [9.17, 15) is 4.79 Å². The zero-order chi connectivity index (χ0) is 19.6. The van der Waals surface area contributed by atoms with Crippen LogP contribution in [-0.4, -0.2) is 45.8 Å². The molecule has 3 rings (SSSR count). The van der Waals surface area contributed by atoms with Gasteiger partial charge in [0.25, 0.3) is 0 Å². The number of fused-ring (bicyclic) bond motifs is 1. The molecule has 27 heavy (non-hydrogen) atoms. The Morgan fingerprint density at radius 2 is 1.48 bits per heavy atom. The molecule has 2 aromatic rings. The summed E-state index contributed by atoms with van der Waals surface area (Å²) in [5.41, 5.74) is 3.13. The van der Waals surface area contributed by atoms with Crippen LogP contribution in [0.4, 0.5) is 0 Å². The highest BCUT2D eigenvalue weighted by atomic mass is 16.5. The highest BCUT2D eigenvalue weighted by Crippen LogP contribution is 2.42. The summed E-state index contributed by atoms with van der Waals surface area (Å²) >= 11 is 0. The fourth-order valence-electron chi connectivity index (χ4n) is 3.67. The molecule has 1 heterocycles. The molecule has 6 nitrogen and oxygen atoms in total. The van der Waals surface area contributed by atoms with Gasteiger partial charge < -0.3 is 23.8 Å². The zero-order valence-electron chi connectivity index (χ0n) is 16.4. The van der Waals surface area contributed by atoms with E-state index in [1.165, 1.54) is 0 Å². The molecule has 0 N–H and O–H groups in total. The van der Waals surface area contributed by atoms with Crippen molar-refractivity contribution in [2.75, 3.05) is 35.0 Å². The van der Waals surface area contributed by atoms with Gasteiger partial charge in [-0.05, 0) is 47.4 Å². The van der Waals surface area contributed by atoms with Crippen LogP contribution in [0.2, 0.25) is 0 Å². The lowest BCUT2D eigenvalue weighted by atomic mass is 9.87. The number of rotatable bonds is 5. The summed E-state index contributed by atoms with van der Waals surface area (Å²) in [7, 11) is 6.45. The first-order valence-corrected chi connectivity index (χ1v) is 8.78. The summed E-state index contributed by atoms with van der Waals surface area (Å²) in [6.45, 7) is 2.23. The number of carbonyl (C=O) groups excluding carboxylic acids is 1. The maximum absolute atomic E-state index is 12.4. The standard InChI is InChI=1S/C21H25NO5/c1-13(23)22-9-8-14-10-19(26-4)20(27-5)12-16(14)21(22)15-6-7-17(24-2)18(11-15)25-3/h6-7,10-12,21H,8-9H2,1-5H3/t21-/m0/s1. The predicted molar refractivity (Wildman–Crippen MR) is 102 cm³/mol. The maximum atomic E-state index is 12.4. The van der Waals surface area contributed by atoms with E-state index in [0.717, 1.165) is 23.1 Å². The highest BCUT2D eigenvalue weighted by molar-refractivity contribution is 5.75. The van der Waals surface area contributed by atoms with Crippen molar-refractivity contribution >= 4 is 5.91 Å².